The van der Waals surface area contributed by atoms with Gasteiger partial charge in [0.15, 0.2) is 0 Å². The number of nitrogens with zero attached hydrogens (tertiary/aromatic N) is 1. The van der Waals surface area contributed by atoms with Gasteiger partial charge in [0.2, 0.25) is 5.91 Å². The van der Waals surface area contributed by atoms with Crippen molar-refractivity contribution in [2.45, 2.75) is 19.1 Å². The van der Waals surface area contributed by atoms with E-state index in [0.29, 0.717) is 32.1 Å². The van der Waals surface area contributed by atoms with E-state index >= 15 is 0 Å². The Morgan fingerprint density at radius 2 is 2.26 bits per heavy atom. The highest BCUT2D eigenvalue weighted by molar-refractivity contribution is 5.81. The Balaban J connectivity index is 1.77. The summed E-state index contributed by atoms with van der Waals surface area (Å²) in [4.78, 5) is 13.9. The van der Waals surface area contributed by atoms with Gasteiger partial charge in [0.1, 0.15) is 11.9 Å². The highest BCUT2D eigenvalue weighted by Crippen LogP contribution is 2.12. The summed E-state index contributed by atoms with van der Waals surface area (Å²) < 4.78 is 10.3. The fourth-order valence-corrected chi connectivity index (χ4v) is 2.01. The molecule has 2 heterocycles. The maximum absolute atomic E-state index is 12.1. The summed E-state index contributed by atoms with van der Waals surface area (Å²) in [7, 11) is 0. The summed E-state index contributed by atoms with van der Waals surface area (Å²) >= 11 is 0. The number of carbonyl (C=O) groups is 1. The first kappa shape index (κ1) is 14.0. The van der Waals surface area contributed by atoms with E-state index in [1.165, 1.54) is 6.26 Å². The Labute approximate surface area is 112 Å². The van der Waals surface area contributed by atoms with Gasteiger partial charge in [-0.3, -0.25) is 4.79 Å². The van der Waals surface area contributed by atoms with Crippen molar-refractivity contribution in [2.24, 2.45) is 0 Å². The number of ether oxygens (including phenoxy) is 1. The smallest absolute Gasteiger partial charge is 0.239 e. The van der Waals surface area contributed by atoms with Crippen LogP contribution in [-0.4, -0.2) is 54.8 Å². The largest absolute Gasteiger partial charge is 0.467 e. The number of aliphatic hydroxyl groups is 1. The Bertz CT molecular complexity index is 387. The second-order valence-corrected chi connectivity index (χ2v) is 4.60. The lowest BCUT2D eigenvalue weighted by atomic mass is 10.2. The third-order valence-corrected chi connectivity index (χ3v) is 3.18. The zero-order chi connectivity index (χ0) is 13.7. The molecule has 1 saturated heterocycles. The molecule has 0 aliphatic carbocycles. The zero-order valence-electron chi connectivity index (χ0n) is 11.0. The molecule has 0 saturated carbocycles. The molecule has 2 N–H and O–H groups in total. The molecule has 2 rings (SSSR count). The van der Waals surface area contributed by atoms with E-state index in [1.54, 1.807) is 24.0 Å². The minimum Gasteiger partial charge on any atom is -0.467 e. The first-order valence-electron chi connectivity index (χ1n) is 6.50. The molecule has 19 heavy (non-hydrogen) atoms. The van der Waals surface area contributed by atoms with E-state index in [9.17, 15) is 9.90 Å². The normalized spacial score (nSPS) is 19.2. The van der Waals surface area contributed by atoms with Gasteiger partial charge in [-0.1, -0.05) is 0 Å². The summed E-state index contributed by atoms with van der Waals surface area (Å²) in [5.41, 5.74) is 0. The second-order valence-electron chi connectivity index (χ2n) is 4.60. The Morgan fingerprint density at radius 1 is 1.53 bits per heavy atom. The predicted octanol–water partition coefficient (Wildman–Crippen LogP) is 0.150. The Hall–Kier alpha value is -1.37. The summed E-state index contributed by atoms with van der Waals surface area (Å²) in [5, 5.41) is 12.9. The molecule has 0 spiro atoms. The topological polar surface area (TPSA) is 74.9 Å². The van der Waals surface area contributed by atoms with Crippen LogP contribution in [0.5, 0.6) is 0 Å². The van der Waals surface area contributed by atoms with Gasteiger partial charge in [-0.05, 0) is 19.1 Å². The van der Waals surface area contributed by atoms with E-state index < -0.39 is 6.10 Å². The minimum absolute atomic E-state index is 0.0370. The monoisotopic (exact) mass is 268 g/mol. The molecule has 1 aliphatic rings. The number of hydrogen-bond donors (Lipinski definition) is 2. The molecule has 1 aliphatic heterocycles. The van der Waals surface area contributed by atoms with Gasteiger partial charge in [0.25, 0.3) is 0 Å². The molecule has 0 bridgehead atoms. The molecule has 6 nitrogen and oxygen atoms in total. The highest BCUT2D eigenvalue weighted by atomic mass is 16.5. The molecule has 1 aromatic rings. The van der Waals surface area contributed by atoms with Gasteiger partial charge in [-0.25, -0.2) is 0 Å². The number of aliphatic hydroxyl groups excluding tert-OH is 1. The third-order valence-electron chi connectivity index (χ3n) is 3.18. The maximum atomic E-state index is 12.1. The van der Waals surface area contributed by atoms with Crippen LogP contribution in [0.1, 0.15) is 18.8 Å². The quantitative estimate of drug-likeness (QED) is 0.795. The van der Waals surface area contributed by atoms with Crippen LogP contribution in [0, 0.1) is 0 Å². The maximum Gasteiger partial charge on any atom is 0.239 e. The van der Waals surface area contributed by atoms with Crippen molar-refractivity contribution in [2.75, 3.05) is 32.8 Å². The number of carbonyl (C=O) groups excluding carboxylic acids is 1. The molecule has 1 fully saturated rings. The molecule has 0 radical (unpaired) electrons. The number of rotatable bonds is 5. The van der Waals surface area contributed by atoms with E-state index in [2.05, 4.69) is 5.32 Å². The van der Waals surface area contributed by atoms with Crippen LogP contribution >= 0.6 is 0 Å². The van der Waals surface area contributed by atoms with Crippen LogP contribution in [0.15, 0.2) is 22.8 Å². The molecule has 1 aromatic heterocycles. The van der Waals surface area contributed by atoms with Crippen molar-refractivity contribution in [1.82, 2.24) is 10.2 Å². The zero-order valence-corrected chi connectivity index (χ0v) is 11.0. The number of furan rings is 1. The van der Waals surface area contributed by atoms with Crippen molar-refractivity contribution >= 4 is 5.91 Å². The van der Waals surface area contributed by atoms with Crippen LogP contribution in [0.4, 0.5) is 0 Å². The fraction of sp³-hybridized carbons (Fsp3) is 0.615. The highest BCUT2D eigenvalue weighted by Gasteiger charge is 2.23. The van der Waals surface area contributed by atoms with Crippen LogP contribution in [0.3, 0.4) is 0 Å². The van der Waals surface area contributed by atoms with Crippen molar-refractivity contribution in [1.29, 1.82) is 0 Å². The average Bonchev–Trinajstić information content (AvgIpc) is 2.98. The van der Waals surface area contributed by atoms with Crippen LogP contribution in [0.25, 0.3) is 0 Å². The van der Waals surface area contributed by atoms with Gasteiger partial charge in [0, 0.05) is 19.6 Å². The first-order chi connectivity index (χ1) is 9.18. The van der Waals surface area contributed by atoms with Gasteiger partial charge < -0.3 is 24.5 Å². The van der Waals surface area contributed by atoms with Gasteiger partial charge in [0.05, 0.1) is 25.5 Å². The average molecular weight is 268 g/mol. The van der Waals surface area contributed by atoms with Crippen LogP contribution < -0.4 is 5.32 Å². The fourth-order valence-electron chi connectivity index (χ4n) is 2.01. The van der Waals surface area contributed by atoms with Crippen LogP contribution in [0.2, 0.25) is 0 Å². The summed E-state index contributed by atoms with van der Waals surface area (Å²) in [6.45, 7) is 4.52. The number of amides is 1. The SMILES string of the molecule is CC(NCC(O)c1ccco1)C(=O)N1CCOCC1. The lowest BCUT2D eigenvalue weighted by Gasteiger charge is -2.29. The molecule has 0 aromatic carbocycles. The second kappa shape index (κ2) is 6.70. The molecule has 106 valence electrons. The number of nitrogens with one attached hydrogen (secondary N) is 1. The van der Waals surface area contributed by atoms with E-state index in [-0.39, 0.29) is 18.5 Å². The Morgan fingerprint density at radius 3 is 2.89 bits per heavy atom. The standard InChI is InChI=1S/C13H20N2O4/c1-10(13(17)15-4-7-18-8-5-15)14-9-11(16)12-3-2-6-19-12/h2-3,6,10-11,14,16H,4-5,7-9H2,1H3. The third kappa shape index (κ3) is 3.79. The lowest BCUT2D eigenvalue weighted by molar-refractivity contribution is -0.137. The number of hydrogen-bond acceptors (Lipinski definition) is 5. The van der Waals surface area contributed by atoms with E-state index in [4.69, 9.17) is 9.15 Å². The molecule has 6 heteroatoms. The van der Waals surface area contributed by atoms with E-state index in [1.807, 2.05) is 0 Å². The van der Waals surface area contributed by atoms with Crippen LogP contribution in [-0.2, 0) is 9.53 Å². The van der Waals surface area contributed by atoms with Gasteiger partial charge in [-0.2, -0.15) is 0 Å². The van der Waals surface area contributed by atoms with Crippen molar-refractivity contribution in [3.05, 3.63) is 24.2 Å². The van der Waals surface area contributed by atoms with E-state index in [0.717, 1.165) is 0 Å². The summed E-state index contributed by atoms with van der Waals surface area (Å²) in [5.74, 6) is 0.536. The minimum atomic E-state index is -0.741. The molecular formula is C13H20N2O4. The van der Waals surface area contributed by atoms with Crippen molar-refractivity contribution in [3.63, 3.8) is 0 Å². The lowest BCUT2D eigenvalue weighted by Crippen LogP contribution is -2.49. The van der Waals surface area contributed by atoms with Gasteiger partial charge in [-0.15, -0.1) is 0 Å². The molecule has 2 unspecified atom stereocenters. The summed E-state index contributed by atoms with van der Waals surface area (Å²) in [6.07, 6.45) is 0.774. The molecule has 2 atom stereocenters. The van der Waals surface area contributed by atoms with Crippen molar-refractivity contribution in [3.8, 4) is 0 Å². The summed E-state index contributed by atoms with van der Waals surface area (Å²) in [6, 6.07) is 3.10. The Kier molecular flexibility index (Phi) is 4.95. The predicted molar refractivity (Wildman–Crippen MR) is 68.5 cm³/mol. The first-order valence-corrected chi connectivity index (χ1v) is 6.50. The molecule has 1 amide bonds. The van der Waals surface area contributed by atoms with Crippen molar-refractivity contribution < 1.29 is 19.1 Å². The molecular weight excluding hydrogens is 248 g/mol. The van der Waals surface area contributed by atoms with Gasteiger partial charge >= 0.3 is 0 Å². The number of morpholine rings is 1.